The van der Waals surface area contributed by atoms with Crippen molar-refractivity contribution >= 4 is 23.3 Å². The summed E-state index contributed by atoms with van der Waals surface area (Å²) in [6.07, 6.45) is 11.2. The molecule has 2 aliphatic heterocycles. The normalized spacial score (nSPS) is 23.1. The van der Waals surface area contributed by atoms with Gasteiger partial charge in [-0.15, -0.1) is 0 Å². The van der Waals surface area contributed by atoms with E-state index in [-0.39, 0.29) is 23.8 Å². The fraction of sp³-hybridized carbons (Fsp3) is 0.567. The molecule has 3 fully saturated rings. The first-order valence-electron chi connectivity index (χ1n) is 14.1. The standard InChI is InChI=1S/C30H41N5O2/c1-33-17-6-9-25(20-33)30(37)34(2)27-16-18-35(21-27)28-15-14-26(19-31-28)32-29(36)24-12-10-23(11-13-24)22-7-4-3-5-8-22/h10-15,19,22,25,27H,3-9,16-18,20-21H2,1-2H3,(H,32,36)/t25?,27-/m1/s1. The van der Waals surface area contributed by atoms with Gasteiger partial charge in [0.25, 0.3) is 5.91 Å². The molecule has 5 rings (SSSR count). The second kappa shape index (κ2) is 11.6. The van der Waals surface area contributed by atoms with Crippen molar-refractivity contribution in [3.05, 3.63) is 53.7 Å². The Morgan fingerprint density at radius 1 is 0.919 bits per heavy atom. The average Bonchev–Trinajstić information content (AvgIpc) is 3.44. The van der Waals surface area contributed by atoms with Gasteiger partial charge < -0.3 is 20.0 Å². The average molecular weight is 504 g/mol. The summed E-state index contributed by atoms with van der Waals surface area (Å²) < 4.78 is 0. The van der Waals surface area contributed by atoms with E-state index in [1.807, 2.05) is 36.2 Å². The highest BCUT2D eigenvalue weighted by molar-refractivity contribution is 6.04. The molecular weight excluding hydrogens is 462 g/mol. The molecule has 7 nitrogen and oxygen atoms in total. The number of carbonyl (C=O) groups is 2. The summed E-state index contributed by atoms with van der Waals surface area (Å²) >= 11 is 0. The highest BCUT2D eigenvalue weighted by Crippen LogP contribution is 2.32. The first-order valence-corrected chi connectivity index (χ1v) is 14.1. The number of hydrogen-bond acceptors (Lipinski definition) is 5. The molecule has 1 N–H and O–H groups in total. The van der Waals surface area contributed by atoms with Crippen molar-refractivity contribution in [2.75, 3.05) is 50.5 Å². The number of hydrogen-bond donors (Lipinski definition) is 1. The molecule has 37 heavy (non-hydrogen) atoms. The van der Waals surface area contributed by atoms with Gasteiger partial charge in [-0.2, -0.15) is 0 Å². The van der Waals surface area contributed by atoms with Crippen LogP contribution in [0.2, 0.25) is 0 Å². The molecule has 0 spiro atoms. The summed E-state index contributed by atoms with van der Waals surface area (Å²) in [5.41, 5.74) is 2.71. The molecule has 1 aromatic carbocycles. The lowest BCUT2D eigenvalue weighted by atomic mass is 9.84. The van der Waals surface area contributed by atoms with E-state index in [4.69, 9.17) is 0 Å². The summed E-state index contributed by atoms with van der Waals surface area (Å²) in [5.74, 6) is 1.80. The molecular formula is C30H41N5O2. The van der Waals surface area contributed by atoms with Crippen LogP contribution in [0.4, 0.5) is 11.5 Å². The van der Waals surface area contributed by atoms with E-state index < -0.39 is 0 Å². The van der Waals surface area contributed by atoms with Crippen molar-refractivity contribution in [3.8, 4) is 0 Å². The maximum absolute atomic E-state index is 13.1. The zero-order valence-corrected chi connectivity index (χ0v) is 22.4. The van der Waals surface area contributed by atoms with Crippen molar-refractivity contribution in [1.29, 1.82) is 0 Å². The minimum Gasteiger partial charge on any atom is -0.354 e. The Morgan fingerprint density at radius 2 is 1.70 bits per heavy atom. The molecule has 2 amide bonds. The Labute approximate surface area is 221 Å². The number of benzene rings is 1. The molecule has 3 heterocycles. The molecule has 0 radical (unpaired) electrons. The zero-order valence-electron chi connectivity index (χ0n) is 22.4. The molecule has 198 valence electrons. The lowest BCUT2D eigenvalue weighted by Crippen LogP contribution is -2.46. The van der Waals surface area contributed by atoms with E-state index in [1.54, 1.807) is 6.20 Å². The third-order valence-electron chi connectivity index (χ3n) is 8.61. The molecule has 0 bridgehead atoms. The van der Waals surface area contributed by atoms with E-state index in [1.165, 1.54) is 37.7 Å². The second-order valence-electron chi connectivity index (χ2n) is 11.3. The molecule has 2 atom stereocenters. The molecule has 2 saturated heterocycles. The summed E-state index contributed by atoms with van der Waals surface area (Å²) in [4.78, 5) is 36.9. The lowest BCUT2D eigenvalue weighted by Gasteiger charge is -2.34. The number of piperidine rings is 1. The third kappa shape index (κ3) is 6.15. The zero-order chi connectivity index (χ0) is 25.8. The molecule has 1 aliphatic carbocycles. The predicted octanol–water partition coefficient (Wildman–Crippen LogP) is 4.76. The number of aromatic nitrogens is 1. The summed E-state index contributed by atoms with van der Waals surface area (Å²) in [6, 6.07) is 12.2. The van der Waals surface area contributed by atoms with Crippen LogP contribution in [0.3, 0.4) is 0 Å². The fourth-order valence-corrected chi connectivity index (χ4v) is 6.29. The van der Waals surface area contributed by atoms with Crippen LogP contribution < -0.4 is 10.2 Å². The van der Waals surface area contributed by atoms with Crippen LogP contribution in [-0.4, -0.2) is 72.9 Å². The van der Waals surface area contributed by atoms with Crippen LogP contribution in [0.5, 0.6) is 0 Å². The van der Waals surface area contributed by atoms with Crippen molar-refractivity contribution in [2.45, 2.75) is 63.3 Å². The second-order valence-corrected chi connectivity index (χ2v) is 11.3. The van der Waals surface area contributed by atoms with Crippen LogP contribution >= 0.6 is 0 Å². The Hall–Kier alpha value is -2.93. The summed E-state index contributed by atoms with van der Waals surface area (Å²) in [5, 5.41) is 2.98. The SMILES string of the molecule is CN1CCCC(C(=O)N(C)[C@@H]2CCN(c3ccc(NC(=O)c4ccc(C5CCCCC5)cc4)cn3)C2)C1. The highest BCUT2D eigenvalue weighted by Gasteiger charge is 2.33. The molecule has 1 aromatic heterocycles. The first-order chi connectivity index (χ1) is 18.0. The van der Waals surface area contributed by atoms with Gasteiger partial charge in [0.1, 0.15) is 5.82 Å². The van der Waals surface area contributed by atoms with Crippen LogP contribution in [0.25, 0.3) is 0 Å². The Morgan fingerprint density at radius 3 is 2.41 bits per heavy atom. The van der Waals surface area contributed by atoms with E-state index in [0.29, 0.717) is 17.2 Å². The van der Waals surface area contributed by atoms with Gasteiger partial charge in [-0.1, -0.05) is 31.4 Å². The van der Waals surface area contributed by atoms with Crippen molar-refractivity contribution in [3.63, 3.8) is 0 Å². The number of nitrogens with one attached hydrogen (secondary N) is 1. The smallest absolute Gasteiger partial charge is 0.255 e. The number of amides is 2. The molecule has 1 unspecified atom stereocenters. The highest BCUT2D eigenvalue weighted by atomic mass is 16.2. The topological polar surface area (TPSA) is 68.8 Å². The number of carbonyl (C=O) groups excluding carboxylic acids is 2. The Balaban J connectivity index is 1.13. The van der Waals surface area contributed by atoms with Gasteiger partial charge in [-0.25, -0.2) is 4.98 Å². The van der Waals surface area contributed by atoms with Gasteiger partial charge >= 0.3 is 0 Å². The summed E-state index contributed by atoms with van der Waals surface area (Å²) in [7, 11) is 4.06. The van der Waals surface area contributed by atoms with Gasteiger partial charge in [0.15, 0.2) is 0 Å². The quantitative estimate of drug-likeness (QED) is 0.616. The molecule has 2 aromatic rings. The van der Waals surface area contributed by atoms with E-state index in [0.717, 1.165) is 51.3 Å². The monoisotopic (exact) mass is 503 g/mol. The van der Waals surface area contributed by atoms with E-state index in [2.05, 4.69) is 39.3 Å². The fourth-order valence-electron chi connectivity index (χ4n) is 6.29. The number of pyridine rings is 1. The maximum Gasteiger partial charge on any atom is 0.255 e. The van der Waals surface area contributed by atoms with E-state index in [9.17, 15) is 9.59 Å². The van der Waals surface area contributed by atoms with Crippen LogP contribution in [0, 0.1) is 5.92 Å². The van der Waals surface area contributed by atoms with Gasteiger partial charge in [0.05, 0.1) is 23.8 Å². The minimum absolute atomic E-state index is 0.112. The van der Waals surface area contributed by atoms with E-state index >= 15 is 0 Å². The van der Waals surface area contributed by atoms with Crippen LogP contribution in [0.1, 0.15) is 73.2 Å². The number of anilines is 2. The first kappa shape index (κ1) is 25.7. The van der Waals surface area contributed by atoms with Crippen molar-refractivity contribution in [2.24, 2.45) is 5.92 Å². The number of likely N-dealkylation sites (tertiary alicyclic amines) is 1. The number of rotatable bonds is 6. The minimum atomic E-state index is -0.112. The Bertz CT molecular complexity index is 1060. The number of nitrogens with zero attached hydrogens (tertiary/aromatic N) is 4. The predicted molar refractivity (Wildman–Crippen MR) is 148 cm³/mol. The molecule has 1 saturated carbocycles. The van der Waals surface area contributed by atoms with Crippen LogP contribution in [0.15, 0.2) is 42.6 Å². The largest absolute Gasteiger partial charge is 0.354 e. The van der Waals surface area contributed by atoms with Crippen LogP contribution in [-0.2, 0) is 4.79 Å². The van der Waals surface area contributed by atoms with Crippen molar-refractivity contribution in [1.82, 2.24) is 14.8 Å². The van der Waals surface area contributed by atoms with Gasteiger partial charge in [-0.05, 0) is 81.4 Å². The lowest BCUT2D eigenvalue weighted by molar-refractivity contribution is -0.137. The number of likely N-dealkylation sites (N-methyl/N-ethyl adjacent to an activating group) is 1. The third-order valence-corrected chi connectivity index (χ3v) is 8.61. The Kier molecular flexibility index (Phi) is 8.08. The molecule has 7 heteroatoms. The van der Waals surface area contributed by atoms with Crippen molar-refractivity contribution < 1.29 is 9.59 Å². The molecule has 3 aliphatic rings. The maximum atomic E-state index is 13.1. The van der Waals surface area contributed by atoms with Gasteiger partial charge in [0, 0.05) is 32.2 Å². The van der Waals surface area contributed by atoms with Gasteiger partial charge in [-0.3, -0.25) is 9.59 Å². The van der Waals surface area contributed by atoms with Gasteiger partial charge in [0.2, 0.25) is 5.91 Å². The summed E-state index contributed by atoms with van der Waals surface area (Å²) in [6.45, 7) is 3.61.